The lowest BCUT2D eigenvalue weighted by molar-refractivity contribution is 0.160. The predicted octanol–water partition coefficient (Wildman–Crippen LogP) is 2.55. The Bertz CT molecular complexity index is 383. The Morgan fingerprint density at radius 3 is 2.47 bits per heavy atom. The molecule has 1 saturated carbocycles. The maximum Gasteiger partial charge on any atom is 0.133 e. The van der Waals surface area contributed by atoms with Crippen LogP contribution in [0.1, 0.15) is 52.3 Å². The van der Waals surface area contributed by atoms with Crippen LogP contribution in [0, 0.1) is 11.3 Å². The summed E-state index contributed by atoms with van der Waals surface area (Å²) in [4.78, 5) is 0. The van der Waals surface area contributed by atoms with Gasteiger partial charge < -0.3 is 9.88 Å². The Morgan fingerprint density at radius 2 is 1.95 bits per heavy atom. The zero-order valence-electron chi connectivity index (χ0n) is 12.8. The van der Waals surface area contributed by atoms with Gasteiger partial charge >= 0.3 is 0 Å². The molecule has 1 aromatic heterocycles. The third-order valence-electron chi connectivity index (χ3n) is 4.54. The Kier molecular flexibility index (Phi) is 4.61. The second-order valence-corrected chi connectivity index (χ2v) is 6.98. The number of hydrogen-bond acceptors (Lipinski definition) is 3. The summed E-state index contributed by atoms with van der Waals surface area (Å²) in [6.07, 6.45) is 8.11. The second kappa shape index (κ2) is 6.04. The van der Waals surface area contributed by atoms with Crippen molar-refractivity contribution in [1.29, 1.82) is 0 Å². The molecule has 1 N–H and O–H groups in total. The van der Waals surface area contributed by atoms with Crippen molar-refractivity contribution in [3.8, 4) is 0 Å². The van der Waals surface area contributed by atoms with E-state index in [1.807, 2.05) is 11.6 Å². The van der Waals surface area contributed by atoms with E-state index < -0.39 is 0 Å². The molecule has 0 unspecified atom stereocenters. The summed E-state index contributed by atoms with van der Waals surface area (Å²) in [6, 6.07) is 0.701. The van der Waals surface area contributed by atoms with Crippen LogP contribution in [0.3, 0.4) is 0 Å². The molecule has 1 heterocycles. The van der Waals surface area contributed by atoms with Gasteiger partial charge in [-0.3, -0.25) is 0 Å². The topological polar surface area (TPSA) is 42.7 Å². The molecule has 108 valence electrons. The van der Waals surface area contributed by atoms with Crippen LogP contribution in [0.15, 0.2) is 6.33 Å². The number of aromatic nitrogens is 3. The molecule has 1 fully saturated rings. The third kappa shape index (κ3) is 4.03. The van der Waals surface area contributed by atoms with Crippen molar-refractivity contribution >= 4 is 0 Å². The van der Waals surface area contributed by atoms with E-state index in [0.29, 0.717) is 11.5 Å². The lowest BCUT2D eigenvalue weighted by Crippen LogP contribution is -2.37. The summed E-state index contributed by atoms with van der Waals surface area (Å²) in [5, 5.41) is 11.7. The van der Waals surface area contributed by atoms with Crippen molar-refractivity contribution in [2.75, 3.05) is 6.54 Å². The fourth-order valence-corrected chi connectivity index (χ4v) is 3.09. The van der Waals surface area contributed by atoms with E-state index >= 15 is 0 Å². The van der Waals surface area contributed by atoms with Crippen LogP contribution in [0.2, 0.25) is 0 Å². The minimum Gasteiger partial charge on any atom is -0.321 e. The number of hydrogen-bond donors (Lipinski definition) is 1. The van der Waals surface area contributed by atoms with Gasteiger partial charge in [-0.15, -0.1) is 10.2 Å². The summed E-state index contributed by atoms with van der Waals surface area (Å²) in [6.45, 7) is 8.13. The van der Waals surface area contributed by atoms with Crippen LogP contribution < -0.4 is 5.32 Å². The van der Waals surface area contributed by atoms with Gasteiger partial charge in [-0.2, -0.15) is 0 Å². The van der Waals surface area contributed by atoms with Crippen molar-refractivity contribution in [3.05, 3.63) is 12.2 Å². The Labute approximate surface area is 117 Å². The molecule has 19 heavy (non-hydrogen) atoms. The number of rotatable bonds is 4. The van der Waals surface area contributed by atoms with E-state index in [4.69, 9.17) is 0 Å². The molecule has 0 saturated heterocycles. The monoisotopic (exact) mass is 264 g/mol. The lowest BCUT2D eigenvalue weighted by atomic mass is 9.71. The molecular weight excluding hydrogens is 236 g/mol. The first kappa shape index (κ1) is 14.5. The Hall–Kier alpha value is -0.900. The first-order valence-corrected chi connectivity index (χ1v) is 7.53. The summed E-state index contributed by atoms with van der Waals surface area (Å²) in [5.74, 6) is 1.96. The second-order valence-electron chi connectivity index (χ2n) is 6.98. The smallest absolute Gasteiger partial charge is 0.133 e. The molecule has 0 bridgehead atoms. The molecule has 0 radical (unpaired) electrons. The fraction of sp³-hybridized carbons (Fsp3) is 0.867. The SMILES string of the molecule is Cn1cnnc1CCNC1CCC(C(C)(C)C)CC1. The van der Waals surface area contributed by atoms with E-state index in [2.05, 4.69) is 36.3 Å². The molecule has 0 amide bonds. The van der Waals surface area contributed by atoms with Crippen LogP contribution in [-0.4, -0.2) is 27.4 Å². The minimum atomic E-state index is 0.476. The summed E-state index contributed by atoms with van der Waals surface area (Å²) in [7, 11) is 2.00. The third-order valence-corrected chi connectivity index (χ3v) is 4.54. The highest BCUT2D eigenvalue weighted by Gasteiger charge is 2.29. The first-order chi connectivity index (χ1) is 8.97. The average Bonchev–Trinajstić information content (AvgIpc) is 2.75. The van der Waals surface area contributed by atoms with E-state index in [0.717, 1.165) is 24.7 Å². The summed E-state index contributed by atoms with van der Waals surface area (Å²) >= 11 is 0. The molecule has 0 aliphatic heterocycles. The maximum absolute atomic E-state index is 4.12. The molecule has 1 aromatic rings. The maximum atomic E-state index is 4.12. The molecule has 4 heteroatoms. The zero-order chi connectivity index (χ0) is 13.9. The van der Waals surface area contributed by atoms with Crippen molar-refractivity contribution in [3.63, 3.8) is 0 Å². The molecule has 4 nitrogen and oxygen atoms in total. The van der Waals surface area contributed by atoms with E-state index in [1.54, 1.807) is 6.33 Å². The quantitative estimate of drug-likeness (QED) is 0.909. The summed E-state index contributed by atoms with van der Waals surface area (Å²) in [5.41, 5.74) is 0.476. The van der Waals surface area contributed by atoms with Crippen LogP contribution in [0.25, 0.3) is 0 Å². The van der Waals surface area contributed by atoms with Gasteiger partial charge in [0.25, 0.3) is 0 Å². The van der Waals surface area contributed by atoms with Gasteiger partial charge in [0.05, 0.1) is 0 Å². The van der Waals surface area contributed by atoms with Crippen LogP contribution in [0.4, 0.5) is 0 Å². The number of nitrogens with zero attached hydrogens (tertiary/aromatic N) is 3. The minimum absolute atomic E-state index is 0.476. The number of nitrogens with one attached hydrogen (secondary N) is 1. The fourth-order valence-electron chi connectivity index (χ4n) is 3.09. The van der Waals surface area contributed by atoms with Crippen molar-refractivity contribution < 1.29 is 0 Å². The standard InChI is InChI=1S/C15H28N4/c1-15(2,3)12-5-7-13(8-6-12)16-10-9-14-18-17-11-19(14)4/h11-13,16H,5-10H2,1-4H3. The highest BCUT2D eigenvalue weighted by Crippen LogP contribution is 2.37. The Morgan fingerprint density at radius 1 is 1.26 bits per heavy atom. The highest BCUT2D eigenvalue weighted by atomic mass is 15.2. The highest BCUT2D eigenvalue weighted by molar-refractivity contribution is 4.87. The van der Waals surface area contributed by atoms with Crippen molar-refractivity contribution in [1.82, 2.24) is 20.1 Å². The van der Waals surface area contributed by atoms with Crippen molar-refractivity contribution in [2.45, 2.75) is 58.9 Å². The van der Waals surface area contributed by atoms with Crippen LogP contribution >= 0.6 is 0 Å². The molecule has 0 atom stereocenters. The van der Waals surface area contributed by atoms with Gasteiger partial charge in [0.2, 0.25) is 0 Å². The van der Waals surface area contributed by atoms with Gasteiger partial charge in [0.15, 0.2) is 0 Å². The summed E-state index contributed by atoms with van der Waals surface area (Å²) < 4.78 is 2.00. The molecule has 1 aliphatic carbocycles. The lowest BCUT2D eigenvalue weighted by Gasteiger charge is -2.37. The average molecular weight is 264 g/mol. The molecule has 1 aliphatic rings. The van der Waals surface area contributed by atoms with Crippen molar-refractivity contribution in [2.24, 2.45) is 18.4 Å². The van der Waals surface area contributed by atoms with Gasteiger partial charge in [0.1, 0.15) is 12.2 Å². The number of aryl methyl sites for hydroxylation is 1. The van der Waals surface area contributed by atoms with Crippen LogP contribution in [-0.2, 0) is 13.5 Å². The Balaban J connectivity index is 1.68. The zero-order valence-corrected chi connectivity index (χ0v) is 12.8. The van der Waals surface area contributed by atoms with E-state index in [9.17, 15) is 0 Å². The van der Waals surface area contributed by atoms with Gasteiger partial charge in [-0.25, -0.2) is 0 Å². The predicted molar refractivity (Wildman–Crippen MR) is 77.9 cm³/mol. The van der Waals surface area contributed by atoms with E-state index in [1.165, 1.54) is 25.7 Å². The first-order valence-electron chi connectivity index (χ1n) is 7.53. The largest absolute Gasteiger partial charge is 0.321 e. The molecular formula is C15H28N4. The van der Waals surface area contributed by atoms with Crippen LogP contribution in [0.5, 0.6) is 0 Å². The molecule has 2 rings (SSSR count). The normalized spacial score (nSPS) is 24.6. The van der Waals surface area contributed by atoms with Gasteiger partial charge in [-0.1, -0.05) is 20.8 Å². The van der Waals surface area contributed by atoms with Gasteiger partial charge in [-0.05, 0) is 37.0 Å². The molecule has 0 aromatic carbocycles. The van der Waals surface area contributed by atoms with Gasteiger partial charge in [0, 0.05) is 26.1 Å². The van der Waals surface area contributed by atoms with E-state index in [-0.39, 0.29) is 0 Å². The molecule has 0 spiro atoms.